The summed E-state index contributed by atoms with van der Waals surface area (Å²) in [4.78, 5) is 25.3. The first-order chi connectivity index (χ1) is 16.6. The number of rotatable bonds is 8. The lowest BCUT2D eigenvalue weighted by Gasteiger charge is -2.34. The molecule has 1 unspecified atom stereocenters. The fraction of sp³-hybridized carbons (Fsp3) is 0.292. The molecule has 0 amide bonds. The Hall–Kier alpha value is -3.20. The average Bonchev–Trinajstić information content (AvgIpc) is 2.83. The minimum absolute atomic E-state index is 0.00227. The highest BCUT2D eigenvalue weighted by Gasteiger charge is 2.42. The van der Waals surface area contributed by atoms with E-state index >= 15 is 0 Å². The van der Waals surface area contributed by atoms with Crippen LogP contribution in [0.1, 0.15) is 25.0 Å². The van der Waals surface area contributed by atoms with E-state index in [1.165, 1.54) is 19.1 Å². The van der Waals surface area contributed by atoms with Gasteiger partial charge in [0.15, 0.2) is 6.61 Å². The second-order valence-corrected chi connectivity index (χ2v) is 10.5. The Balaban J connectivity index is 1.99. The molecule has 0 fully saturated rings. The Morgan fingerprint density at radius 2 is 1.91 bits per heavy atom. The molecule has 2 N–H and O–H groups in total. The summed E-state index contributed by atoms with van der Waals surface area (Å²) < 4.78 is 39.9. The van der Waals surface area contributed by atoms with Crippen LogP contribution in [-0.2, 0) is 37.3 Å². The van der Waals surface area contributed by atoms with Crippen molar-refractivity contribution in [3.8, 4) is 11.8 Å². The SMILES string of the molecule is CCOc1ccc(Br)cc1S(=O)(=O)N1Cc2ccccc2CC1C(=O)OCC(=O)/C(C#N)=C(\C)N. The number of ketones is 1. The van der Waals surface area contributed by atoms with E-state index in [-0.39, 0.29) is 41.5 Å². The predicted octanol–water partition coefficient (Wildman–Crippen LogP) is 2.83. The Morgan fingerprint density at radius 1 is 1.23 bits per heavy atom. The van der Waals surface area contributed by atoms with E-state index < -0.39 is 34.4 Å². The number of hydrogen-bond donors (Lipinski definition) is 1. The average molecular weight is 562 g/mol. The molecule has 0 saturated carbocycles. The molecule has 1 aliphatic heterocycles. The molecule has 35 heavy (non-hydrogen) atoms. The largest absolute Gasteiger partial charge is 0.492 e. The first-order valence-electron chi connectivity index (χ1n) is 10.7. The number of ether oxygens (including phenoxy) is 2. The Labute approximate surface area is 212 Å². The topological polar surface area (TPSA) is 140 Å². The highest BCUT2D eigenvalue weighted by atomic mass is 79.9. The van der Waals surface area contributed by atoms with Crippen molar-refractivity contribution in [2.24, 2.45) is 5.73 Å². The maximum Gasteiger partial charge on any atom is 0.325 e. The van der Waals surface area contributed by atoms with Crippen LogP contribution in [0.25, 0.3) is 0 Å². The number of Topliss-reactive ketones (excluding diaryl/α,β-unsaturated/α-hetero) is 1. The molecular weight excluding hydrogens is 538 g/mol. The number of halogens is 1. The molecule has 2 aromatic rings. The van der Waals surface area contributed by atoms with Crippen LogP contribution in [0.15, 0.2) is 63.1 Å². The second kappa shape index (κ2) is 11.0. The molecule has 2 aromatic carbocycles. The van der Waals surface area contributed by atoms with E-state index in [0.717, 1.165) is 15.4 Å². The van der Waals surface area contributed by atoms with Crippen LogP contribution in [0.2, 0.25) is 0 Å². The molecule has 0 aliphatic carbocycles. The monoisotopic (exact) mass is 561 g/mol. The molecule has 0 bridgehead atoms. The number of nitrogens with zero attached hydrogens (tertiary/aromatic N) is 2. The zero-order chi connectivity index (χ0) is 25.8. The second-order valence-electron chi connectivity index (χ2n) is 7.76. The number of sulfonamides is 1. The molecule has 0 saturated heterocycles. The number of nitriles is 1. The van der Waals surface area contributed by atoms with Crippen LogP contribution in [0.3, 0.4) is 0 Å². The van der Waals surface area contributed by atoms with Gasteiger partial charge in [-0.05, 0) is 43.2 Å². The molecule has 0 aromatic heterocycles. The van der Waals surface area contributed by atoms with Crippen LogP contribution in [0, 0.1) is 11.3 Å². The third kappa shape index (κ3) is 5.73. The van der Waals surface area contributed by atoms with Crippen molar-refractivity contribution >= 4 is 37.7 Å². The molecule has 1 heterocycles. The van der Waals surface area contributed by atoms with Crippen molar-refractivity contribution in [3.63, 3.8) is 0 Å². The summed E-state index contributed by atoms with van der Waals surface area (Å²) in [6.45, 7) is 2.56. The minimum Gasteiger partial charge on any atom is -0.492 e. The van der Waals surface area contributed by atoms with Gasteiger partial charge in [0, 0.05) is 23.1 Å². The van der Waals surface area contributed by atoms with E-state index in [4.69, 9.17) is 20.5 Å². The third-order valence-electron chi connectivity index (χ3n) is 5.40. The highest BCUT2D eigenvalue weighted by Crippen LogP contribution is 2.35. The van der Waals surface area contributed by atoms with Gasteiger partial charge < -0.3 is 15.2 Å². The van der Waals surface area contributed by atoms with Gasteiger partial charge in [0.2, 0.25) is 15.8 Å². The van der Waals surface area contributed by atoms with Crippen LogP contribution < -0.4 is 10.5 Å². The lowest BCUT2D eigenvalue weighted by Crippen LogP contribution is -2.49. The van der Waals surface area contributed by atoms with Gasteiger partial charge in [0.05, 0.1) is 6.61 Å². The number of allylic oxidation sites excluding steroid dienone is 1. The fourth-order valence-corrected chi connectivity index (χ4v) is 5.94. The van der Waals surface area contributed by atoms with Crippen molar-refractivity contribution in [1.29, 1.82) is 5.26 Å². The van der Waals surface area contributed by atoms with E-state index in [1.807, 2.05) is 6.07 Å². The molecule has 1 atom stereocenters. The highest BCUT2D eigenvalue weighted by molar-refractivity contribution is 9.10. The van der Waals surface area contributed by atoms with Crippen molar-refractivity contribution in [1.82, 2.24) is 4.31 Å². The van der Waals surface area contributed by atoms with Gasteiger partial charge in [-0.3, -0.25) is 9.59 Å². The maximum atomic E-state index is 13.8. The number of hydrogen-bond acceptors (Lipinski definition) is 8. The quantitative estimate of drug-likeness (QED) is 0.294. The lowest BCUT2D eigenvalue weighted by atomic mass is 9.96. The van der Waals surface area contributed by atoms with Crippen molar-refractivity contribution in [2.75, 3.05) is 13.2 Å². The fourth-order valence-electron chi connectivity index (χ4n) is 3.71. The lowest BCUT2D eigenvalue weighted by molar-refractivity contribution is -0.151. The van der Waals surface area contributed by atoms with Crippen LogP contribution >= 0.6 is 15.9 Å². The van der Waals surface area contributed by atoms with Crippen LogP contribution in [-0.4, -0.2) is 43.7 Å². The number of fused-ring (bicyclic) bond motifs is 1. The normalized spacial score (nSPS) is 16.5. The van der Waals surface area contributed by atoms with Crippen LogP contribution in [0.5, 0.6) is 5.75 Å². The van der Waals surface area contributed by atoms with Gasteiger partial charge in [0.25, 0.3) is 0 Å². The summed E-state index contributed by atoms with van der Waals surface area (Å²) in [5.74, 6) is -1.52. The van der Waals surface area contributed by atoms with Gasteiger partial charge >= 0.3 is 5.97 Å². The third-order valence-corrected chi connectivity index (χ3v) is 7.77. The molecule has 11 heteroatoms. The number of nitrogens with two attached hydrogens (primary N) is 1. The molecule has 9 nitrogen and oxygen atoms in total. The standard InChI is InChI=1S/C24H24BrN3O6S/c1-3-33-22-9-8-18(25)11-23(22)35(31,32)28-13-17-7-5-4-6-16(17)10-20(28)24(30)34-14-21(29)19(12-26)15(2)27/h4-9,11,20H,3,10,13-14,27H2,1-2H3/b19-15+. The Morgan fingerprint density at radius 3 is 2.54 bits per heavy atom. The van der Waals surface area contributed by atoms with Crippen molar-refractivity contribution in [2.45, 2.75) is 37.8 Å². The van der Waals surface area contributed by atoms with Crippen molar-refractivity contribution in [3.05, 3.63) is 69.3 Å². The first kappa shape index (κ1) is 26.4. The summed E-state index contributed by atoms with van der Waals surface area (Å²) in [5, 5.41) is 9.10. The molecule has 3 rings (SSSR count). The number of carbonyl (C=O) groups excluding carboxylic acids is 2. The zero-order valence-corrected chi connectivity index (χ0v) is 21.6. The van der Waals surface area contributed by atoms with Crippen LogP contribution in [0.4, 0.5) is 0 Å². The van der Waals surface area contributed by atoms with Gasteiger partial charge in [-0.15, -0.1) is 0 Å². The van der Waals surface area contributed by atoms with Gasteiger partial charge in [0.1, 0.15) is 28.3 Å². The van der Waals surface area contributed by atoms with E-state index in [2.05, 4.69) is 15.9 Å². The summed E-state index contributed by atoms with van der Waals surface area (Å²) in [5.41, 5.74) is 6.77. The van der Waals surface area contributed by atoms with Gasteiger partial charge in [-0.1, -0.05) is 40.2 Å². The minimum atomic E-state index is -4.24. The van der Waals surface area contributed by atoms with Crippen molar-refractivity contribution < 1.29 is 27.5 Å². The summed E-state index contributed by atoms with van der Waals surface area (Å²) in [6.07, 6.45) is 0.0528. The van der Waals surface area contributed by atoms with E-state index in [1.54, 1.807) is 37.3 Å². The molecular formula is C24H24BrN3O6S. The maximum absolute atomic E-state index is 13.8. The number of benzene rings is 2. The summed E-state index contributed by atoms with van der Waals surface area (Å²) in [6, 6.07) is 12.3. The Kier molecular flexibility index (Phi) is 8.32. The zero-order valence-electron chi connectivity index (χ0n) is 19.2. The first-order valence-corrected chi connectivity index (χ1v) is 12.9. The molecule has 0 spiro atoms. The molecule has 184 valence electrons. The van der Waals surface area contributed by atoms with Gasteiger partial charge in [-0.25, -0.2) is 8.42 Å². The van der Waals surface area contributed by atoms with Gasteiger partial charge in [-0.2, -0.15) is 9.57 Å². The smallest absolute Gasteiger partial charge is 0.325 e. The number of carbonyl (C=O) groups is 2. The van der Waals surface area contributed by atoms with E-state index in [0.29, 0.717) is 4.47 Å². The molecule has 1 aliphatic rings. The molecule has 0 radical (unpaired) electrons. The summed E-state index contributed by atoms with van der Waals surface area (Å²) in [7, 11) is -4.24. The predicted molar refractivity (Wildman–Crippen MR) is 130 cm³/mol. The Bertz CT molecular complexity index is 1330. The van der Waals surface area contributed by atoms with E-state index in [9.17, 15) is 18.0 Å². The number of esters is 1. The summed E-state index contributed by atoms with van der Waals surface area (Å²) >= 11 is 3.30.